The quantitative estimate of drug-likeness (QED) is 0.786. The van der Waals surface area contributed by atoms with E-state index < -0.39 is 11.8 Å². The SMILES string of the molecule is O=C1NCCN(c2ccc(CC3CCCN3)cc2)C1=O. The van der Waals surface area contributed by atoms with E-state index in [0.717, 1.165) is 18.7 Å². The molecule has 2 aliphatic rings. The molecule has 0 bridgehead atoms. The molecule has 1 aromatic carbocycles. The molecule has 0 aromatic heterocycles. The zero-order valence-electron chi connectivity index (χ0n) is 11.4. The molecule has 0 spiro atoms. The van der Waals surface area contributed by atoms with Crippen LogP contribution in [0.1, 0.15) is 18.4 Å². The van der Waals surface area contributed by atoms with Gasteiger partial charge in [-0.3, -0.25) is 9.59 Å². The van der Waals surface area contributed by atoms with Crippen LogP contribution in [0.5, 0.6) is 0 Å². The maximum absolute atomic E-state index is 11.8. The van der Waals surface area contributed by atoms with Gasteiger partial charge in [-0.25, -0.2) is 0 Å². The number of carbonyl (C=O) groups is 2. The fraction of sp³-hybridized carbons (Fsp3) is 0.467. The maximum atomic E-state index is 11.8. The van der Waals surface area contributed by atoms with E-state index in [-0.39, 0.29) is 0 Å². The topological polar surface area (TPSA) is 61.4 Å². The van der Waals surface area contributed by atoms with Crippen LogP contribution in [0.3, 0.4) is 0 Å². The summed E-state index contributed by atoms with van der Waals surface area (Å²) in [6.07, 6.45) is 3.50. The Morgan fingerprint density at radius 2 is 1.95 bits per heavy atom. The molecule has 1 aromatic rings. The fourth-order valence-electron chi connectivity index (χ4n) is 2.85. The molecule has 2 amide bonds. The lowest BCUT2D eigenvalue weighted by atomic mass is 10.0. The van der Waals surface area contributed by atoms with E-state index in [9.17, 15) is 9.59 Å². The molecule has 2 saturated heterocycles. The van der Waals surface area contributed by atoms with Gasteiger partial charge in [0.1, 0.15) is 0 Å². The first kappa shape index (κ1) is 13.1. The van der Waals surface area contributed by atoms with Crippen LogP contribution in [0.15, 0.2) is 24.3 Å². The average Bonchev–Trinajstić information content (AvgIpc) is 2.96. The summed E-state index contributed by atoms with van der Waals surface area (Å²) in [7, 11) is 0. The molecule has 106 valence electrons. The minimum absolute atomic E-state index is 0.471. The van der Waals surface area contributed by atoms with Crippen molar-refractivity contribution >= 4 is 17.5 Å². The summed E-state index contributed by atoms with van der Waals surface area (Å²) in [6, 6.07) is 8.54. The highest BCUT2D eigenvalue weighted by Crippen LogP contribution is 2.19. The van der Waals surface area contributed by atoms with Gasteiger partial charge >= 0.3 is 11.8 Å². The van der Waals surface area contributed by atoms with Gasteiger partial charge in [0, 0.05) is 24.8 Å². The monoisotopic (exact) mass is 273 g/mol. The van der Waals surface area contributed by atoms with Gasteiger partial charge in [-0.15, -0.1) is 0 Å². The Morgan fingerprint density at radius 1 is 1.15 bits per heavy atom. The summed E-state index contributed by atoms with van der Waals surface area (Å²) < 4.78 is 0. The van der Waals surface area contributed by atoms with Crippen LogP contribution in [-0.2, 0) is 16.0 Å². The number of piperazine rings is 1. The minimum Gasteiger partial charge on any atom is -0.346 e. The third-order valence-electron chi connectivity index (χ3n) is 3.95. The molecular formula is C15H19N3O2. The molecule has 2 aliphatic heterocycles. The lowest BCUT2D eigenvalue weighted by molar-refractivity contribution is -0.138. The Balaban J connectivity index is 1.68. The van der Waals surface area contributed by atoms with E-state index in [4.69, 9.17) is 0 Å². The van der Waals surface area contributed by atoms with E-state index in [1.54, 1.807) is 0 Å². The van der Waals surface area contributed by atoms with Gasteiger partial charge in [0.05, 0.1) is 0 Å². The van der Waals surface area contributed by atoms with E-state index in [0.29, 0.717) is 19.1 Å². The van der Waals surface area contributed by atoms with Crippen LogP contribution in [0.25, 0.3) is 0 Å². The predicted molar refractivity (Wildman–Crippen MR) is 76.5 cm³/mol. The largest absolute Gasteiger partial charge is 0.346 e. The minimum atomic E-state index is -0.518. The van der Waals surface area contributed by atoms with Crippen LogP contribution in [0.2, 0.25) is 0 Å². The second kappa shape index (κ2) is 5.63. The van der Waals surface area contributed by atoms with Crippen molar-refractivity contribution in [3.8, 4) is 0 Å². The Hall–Kier alpha value is -1.88. The first-order valence-electron chi connectivity index (χ1n) is 7.16. The summed E-state index contributed by atoms with van der Waals surface area (Å²) >= 11 is 0. The normalized spacial score (nSPS) is 23.0. The second-order valence-electron chi connectivity index (χ2n) is 5.38. The first-order valence-corrected chi connectivity index (χ1v) is 7.16. The van der Waals surface area contributed by atoms with Gasteiger partial charge in [-0.2, -0.15) is 0 Å². The van der Waals surface area contributed by atoms with Gasteiger partial charge in [0.15, 0.2) is 0 Å². The van der Waals surface area contributed by atoms with Gasteiger partial charge in [-0.05, 0) is 43.5 Å². The number of benzene rings is 1. The molecule has 2 N–H and O–H groups in total. The third kappa shape index (κ3) is 2.67. The predicted octanol–water partition coefficient (Wildman–Crippen LogP) is 0.444. The smallest absolute Gasteiger partial charge is 0.316 e. The van der Waals surface area contributed by atoms with E-state index >= 15 is 0 Å². The molecule has 5 heteroatoms. The summed E-state index contributed by atoms with van der Waals surface area (Å²) in [6.45, 7) is 2.16. The number of nitrogens with zero attached hydrogens (tertiary/aromatic N) is 1. The number of hydrogen-bond donors (Lipinski definition) is 2. The molecular weight excluding hydrogens is 254 g/mol. The van der Waals surface area contributed by atoms with Gasteiger partial charge in [-0.1, -0.05) is 12.1 Å². The summed E-state index contributed by atoms with van der Waals surface area (Å²) in [5, 5.41) is 6.03. The number of anilines is 1. The zero-order valence-corrected chi connectivity index (χ0v) is 11.4. The maximum Gasteiger partial charge on any atom is 0.316 e. The third-order valence-corrected chi connectivity index (χ3v) is 3.95. The number of amides is 2. The molecule has 0 saturated carbocycles. The molecule has 1 unspecified atom stereocenters. The molecule has 0 aliphatic carbocycles. The second-order valence-corrected chi connectivity index (χ2v) is 5.38. The van der Waals surface area contributed by atoms with Crippen molar-refractivity contribution in [1.29, 1.82) is 0 Å². The Labute approximate surface area is 118 Å². The van der Waals surface area contributed by atoms with Gasteiger partial charge < -0.3 is 15.5 Å². The van der Waals surface area contributed by atoms with E-state index in [1.807, 2.05) is 12.1 Å². The fourth-order valence-corrected chi connectivity index (χ4v) is 2.85. The Bertz CT molecular complexity index is 506. The van der Waals surface area contributed by atoms with Crippen molar-refractivity contribution in [2.45, 2.75) is 25.3 Å². The van der Waals surface area contributed by atoms with Crippen molar-refractivity contribution in [3.05, 3.63) is 29.8 Å². The van der Waals surface area contributed by atoms with Crippen LogP contribution in [0.4, 0.5) is 5.69 Å². The first-order chi connectivity index (χ1) is 9.74. The number of rotatable bonds is 3. The van der Waals surface area contributed by atoms with Crippen LogP contribution >= 0.6 is 0 Å². The molecule has 5 nitrogen and oxygen atoms in total. The molecule has 20 heavy (non-hydrogen) atoms. The molecule has 2 heterocycles. The van der Waals surface area contributed by atoms with Crippen LogP contribution in [-0.4, -0.2) is 37.5 Å². The zero-order chi connectivity index (χ0) is 13.9. The highest BCUT2D eigenvalue weighted by molar-refractivity contribution is 6.41. The van der Waals surface area contributed by atoms with Crippen LogP contribution in [0, 0.1) is 0 Å². The van der Waals surface area contributed by atoms with Gasteiger partial charge in [0.2, 0.25) is 0 Å². The van der Waals surface area contributed by atoms with E-state index in [2.05, 4.69) is 22.8 Å². The summed E-state index contributed by atoms with van der Waals surface area (Å²) in [4.78, 5) is 24.7. The summed E-state index contributed by atoms with van der Waals surface area (Å²) in [5.41, 5.74) is 2.06. The lowest BCUT2D eigenvalue weighted by Gasteiger charge is -2.26. The van der Waals surface area contributed by atoms with Crippen molar-refractivity contribution in [2.75, 3.05) is 24.5 Å². The van der Waals surface area contributed by atoms with Crippen LogP contribution < -0.4 is 15.5 Å². The summed E-state index contributed by atoms with van der Waals surface area (Å²) in [5.74, 6) is -0.989. The van der Waals surface area contributed by atoms with Gasteiger partial charge in [0.25, 0.3) is 0 Å². The van der Waals surface area contributed by atoms with E-state index in [1.165, 1.54) is 23.3 Å². The number of nitrogens with one attached hydrogen (secondary N) is 2. The van der Waals surface area contributed by atoms with Crippen molar-refractivity contribution in [3.63, 3.8) is 0 Å². The highest BCUT2D eigenvalue weighted by atomic mass is 16.2. The molecule has 2 fully saturated rings. The van der Waals surface area contributed by atoms with Crippen molar-refractivity contribution in [2.24, 2.45) is 0 Å². The number of hydrogen-bond acceptors (Lipinski definition) is 3. The van der Waals surface area contributed by atoms with Crippen molar-refractivity contribution < 1.29 is 9.59 Å². The highest BCUT2D eigenvalue weighted by Gasteiger charge is 2.27. The molecule has 0 radical (unpaired) electrons. The standard InChI is InChI=1S/C15H19N3O2/c19-14-15(20)18(9-8-17-14)13-5-3-11(4-6-13)10-12-2-1-7-16-12/h3-6,12,16H,1-2,7-10H2,(H,17,19). The lowest BCUT2D eigenvalue weighted by Crippen LogP contribution is -2.52. The number of carbonyl (C=O) groups excluding carboxylic acids is 2. The Kier molecular flexibility index (Phi) is 3.69. The molecule has 3 rings (SSSR count). The Morgan fingerprint density at radius 3 is 2.65 bits per heavy atom. The average molecular weight is 273 g/mol. The van der Waals surface area contributed by atoms with Crippen molar-refractivity contribution in [1.82, 2.24) is 10.6 Å². The molecule has 1 atom stereocenters.